The second kappa shape index (κ2) is 11.0. The van der Waals surface area contributed by atoms with E-state index < -0.39 is 29.6 Å². The van der Waals surface area contributed by atoms with E-state index in [0.717, 1.165) is 17.1 Å². The molecule has 0 aliphatic rings. The standard InChI is InChI=1S/C26H24FN5O4S/c1-15-7-12-19(36-15)22(25(34)30-13-16-8-10-18(27)11-9-16)32(14-17-5-3-2-4-6-17)26(35)23-20(28)21(24(29)33)31-37-23/h2-12,22H,13-14,28H2,1H3,(H2,29,33)(H,30,34)/t22-/m0/s1. The topological polar surface area (TPSA) is 145 Å². The number of aromatic nitrogens is 1. The number of rotatable bonds is 9. The molecule has 0 radical (unpaired) electrons. The summed E-state index contributed by atoms with van der Waals surface area (Å²) in [5.74, 6) is -1.62. The van der Waals surface area contributed by atoms with Crippen LogP contribution in [0.4, 0.5) is 10.1 Å². The minimum absolute atomic E-state index is 0.0238. The van der Waals surface area contributed by atoms with Crippen LogP contribution in [-0.2, 0) is 17.9 Å². The molecular weight excluding hydrogens is 497 g/mol. The molecule has 2 heterocycles. The Labute approximate surface area is 216 Å². The molecule has 2 aromatic heterocycles. The van der Waals surface area contributed by atoms with Crippen molar-refractivity contribution in [2.24, 2.45) is 5.73 Å². The highest BCUT2D eigenvalue weighted by molar-refractivity contribution is 7.09. The van der Waals surface area contributed by atoms with E-state index in [0.29, 0.717) is 11.3 Å². The van der Waals surface area contributed by atoms with Crippen LogP contribution in [-0.4, -0.2) is 27.0 Å². The van der Waals surface area contributed by atoms with Gasteiger partial charge in [0.05, 0.1) is 5.69 Å². The van der Waals surface area contributed by atoms with Gasteiger partial charge in [-0.05, 0) is 53.8 Å². The van der Waals surface area contributed by atoms with Gasteiger partial charge in [-0.3, -0.25) is 14.4 Å². The molecule has 1 atom stereocenters. The fourth-order valence-corrected chi connectivity index (χ4v) is 4.49. The second-order valence-electron chi connectivity index (χ2n) is 8.25. The van der Waals surface area contributed by atoms with Gasteiger partial charge in [-0.25, -0.2) is 4.39 Å². The van der Waals surface area contributed by atoms with Gasteiger partial charge >= 0.3 is 0 Å². The molecule has 4 aromatic rings. The molecule has 0 aliphatic carbocycles. The molecular formula is C26H24FN5O4S. The lowest BCUT2D eigenvalue weighted by atomic mass is 10.1. The Morgan fingerprint density at radius 2 is 1.76 bits per heavy atom. The maximum atomic E-state index is 13.8. The van der Waals surface area contributed by atoms with Crippen LogP contribution in [0.25, 0.3) is 0 Å². The fourth-order valence-electron chi connectivity index (χ4n) is 3.73. The quantitative estimate of drug-likeness (QED) is 0.307. The second-order valence-corrected chi connectivity index (χ2v) is 9.03. The molecule has 0 fully saturated rings. The van der Waals surface area contributed by atoms with E-state index >= 15 is 0 Å². The molecule has 9 nitrogen and oxygen atoms in total. The third-order valence-electron chi connectivity index (χ3n) is 5.58. The fraction of sp³-hybridized carbons (Fsp3) is 0.154. The third kappa shape index (κ3) is 5.84. The molecule has 2 aromatic carbocycles. The predicted octanol–water partition coefficient (Wildman–Crippen LogP) is 3.56. The van der Waals surface area contributed by atoms with Crippen molar-refractivity contribution in [3.63, 3.8) is 0 Å². The Hall–Kier alpha value is -4.51. The maximum absolute atomic E-state index is 13.8. The van der Waals surface area contributed by atoms with E-state index in [2.05, 4.69) is 9.69 Å². The molecule has 11 heteroatoms. The van der Waals surface area contributed by atoms with Crippen LogP contribution in [0.2, 0.25) is 0 Å². The lowest BCUT2D eigenvalue weighted by Gasteiger charge is -2.29. The molecule has 0 spiro atoms. The van der Waals surface area contributed by atoms with E-state index in [1.165, 1.54) is 17.0 Å². The number of hydrogen-bond donors (Lipinski definition) is 3. The molecule has 4 rings (SSSR count). The van der Waals surface area contributed by atoms with Crippen molar-refractivity contribution in [3.05, 3.63) is 106 Å². The number of carbonyl (C=O) groups excluding carboxylic acids is 3. The molecule has 0 aliphatic heterocycles. The predicted molar refractivity (Wildman–Crippen MR) is 136 cm³/mol. The summed E-state index contributed by atoms with van der Waals surface area (Å²) in [6.07, 6.45) is 0. The highest BCUT2D eigenvalue weighted by Crippen LogP contribution is 2.31. The Morgan fingerprint density at radius 3 is 2.35 bits per heavy atom. The number of furan rings is 1. The summed E-state index contributed by atoms with van der Waals surface area (Å²) in [5, 5.41) is 2.80. The van der Waals surface area contributed by atoms with Gasteiger partial charge in [-0.15, -0.1) is 0 Å². The maximum Gasteiger partial charge on any atom is 0.270 e. The summed E-state index contributed by atoms with van der Waals surface area (Å²) in [6.45, 7) is 1.84. The number of aryl methyl sites for hydroxylation is 1. The van der Waals surface area contributed by atoms with Gasteiger partial charge in [0.25, 0.3) is 17.7 Å². The summed E-state index contributed by atoms with van der Waals surface area (Å²) in [6, 6.07) is 16.9. The molecule has 0 saturated heterocycles. The van der Waals surface area contributed by atoms with Gasteiger partial charge in [0.15, 0.2) is 11.7 Å². The number of hydrogen-bond acceptors (Lipinski definition) is 7. The molecule has 190 valence electrons. The Kier molecular flexibility index (Phi) is 7.63. The average molecular weight is 522 g/mol. The smallest absolute Gasteiger partial charge is 0.270 e. The third-order valence-corrected chi connectivity index (χ3v) is 6.43. The number of nitrogen functional groups attached to an aromatic ring is 1. The van der Waals surface area contributed by atoms with Crippen LogP contribution >= 0.6 is 11.5 Å². The van der Waals surface area contributed by atoms with Crippen molar-refractivity contribution in [1.29, 1.82) is 0 Å². The number of nitrogens with one attached hydrogen (secondary N) is 1. The number of primary amides is 1. The summed E-state index contributed by atoms with van der Waals surface area (Å²) in [4.78, 5) is 40.4. The van der Waals surface area contributed by atoms with Crippen molar-refractivity contribution in [1.82, 2.24) is 14.6 Å². The number of anilines is 1. The zero-order chi connectivity index (χ0) is 26.5. The first kappa shape index (κ1) is 25.6. The number of benzene rings is 2. The monoisotopic (exact) mass is 521 g/mol. The van der Waals surface area contributed by atoms with Crippen molar-refractivity contribution >= 4 is 34.9 Å². The number of nitrogens with two attached hydrogens (primary N) is 2. The Morgan fingerprint density at radius 1 is 1.05 bits per heavy atom. The summed E-state index contributed by atoms with van der Waals surface area (Å²) < 4.78 is 23.0. The molecule has 3 amide bonds. The van der Waals surface area contributed by atoms with Gasteiger partial charge in [0, 0.05) is 13.1 Å². The van der Waals surface area contributed by atoms with E-state index in [4.69, 9.17) is 15.9 Å². The first-order chi connectivity index (χ1) is 17.7. The van der Waals surface area contributed by atoms with Gasteiger partial charge in [-0.1, -0.05) is 42.5 Å². The van der Waals surface area contributed by atoms with Crippen LogP contribution < -0.4 is 16.8 Å². The highest BCUT2D eigenvalue weighted by atomic mass is 32.1. The van der Waals surface area contributed by atoms with Crippen LogP contribution in [0, 0.1) is 12.7 Å². The number of nitrogens with zero attached hydrogens (tertiary/aromatic N) is 2. The zero-order valence-corrected chi connectivity index (χ0v) is 20.6. The minimum Gasteiger partial charge on any atom is -0.464 e. The highest BCUT2D eigenvalue weighted by Gasteiger charge is 2.36. The van der Waals surface area contributed by atoms with E-state index in [9.17, 15) is 18.8 Å². The minimum atomic E-state index is -1.19. The average Bonchev–Trinajstić information content (AvgIpc) is 3.49. The number of amides is 3. The molecule has 0 saturated carbocycles. The SMILES string of the molecule is Cc1ccc([C@@H](C(=O)NCc2ccc(F)cc2)N(Cc2ccccc2)C(=O)c2snc(C(N)=O)c2N)o1. The van der Waals surface area contributed by atoms with Crippen molar-refractivity contribution in [2.75, 3.05) is 5.73 Å². The van der Waals surface area contributed by atoms with Gasteiger partial charge in [0.2, 0.25) is 0 Å². The molecule has 5 N–H and O–H groups in total. The van der Waals surface area contributed by atoms with Crippen LogP contribution in [0.1, 0.15) is 48.8 Å². The normalized spacial score (nSPS) is 11.6. The van der Waals surface area contributed by atoms with Crippen LogP contribution in [0.5, 0.6) is 0 Å². The first-order valence-electron chi connectivity index (χ1n) is 11.2. The summed E-state index contributed by atoms with van der Waals surface area (Å²) in [5.41, 5.74) is 12.4. The van der Waals surface area contributed by atoms with Crippen LogP contribution in [0.15, 0.2) is 71.1 Å². The number of halogens is 1. The van der Waals surface area contributed by atoms with Crippen molar-refractivity contribution in [3.8, 4) is 0 Å². The molecule has 0 bridgehead atoms. The molecule has 37 heavy (non-hydrogen) atoms. The lowest BCUT2D eigenvalue weighted by Crippen LogP contribution is -2.43. The van der Waals surface area contributed by atoms with Crippen LogP contribution in [0.3, 0.4) is 0 Å². The largest absolute Gasteiger partial charge is 0.464 e. The van der Waals surface area contributed by atoms with E-state index in [1.807, 2.05) is 30.3 Å². The van der Waals surface area contributed by atoms with Gasteiger partial charge in [0.1, 0.15) is 22.2 Å². The first-order valence-corrected chi connectivity index (χ1v) is 12.0. The van der Waals surface area contributed by atoms with Gasteiger partial charge < -0.3 is 26.1 Å². The summed E-state index contributed by atoms with van der Waals surface area (Å²) in [7, 11) is 0. The van der Waals surface area contributed by atoms with E-state index in [-0.39, 0.29) is 35.1 Å². The lowest BCUT2D eigenvalue weighted by molar-refractivity contribution is -0.126. The van der Waals surface area contributed by atoms with Gasteiger partial charge in [-0.2, -0.15) is 4.37 Å². The van der Waals surface area contributed by atoms with Crippen molar-refractivity contribution < 1.29 is 23.2 Å². The molecule has 0 unspecified atom stereocenters. The Bertz CT molecular complexity index is 1420. The van der Waals surface area contributed by atoms with Crippen molar-refractivity contribution in [2.45, 2.75) is 26.1 Å². The zero-order valence-electron chi connectivity index (χ0n) is 19.8. The number of carbonyl (C=O) groups is 3. The Balaban J connectivity index is 1.73. The summed E-state index contributed by atoms with van der Waals surface area (Å²) >= 11 is 0.728. The van der Waals surface area contributed by atoms with E-state index in [1.54, 1.807) is 31.2 Å².